The maximum Gasteiger partial charge on any atom is 0.279 e. The van der Waals surface area contributed by atoms with Gasteiger partial charge in [0, 0.05) is 17.3 Å². The van der Waals surface area contributed by atoms with E-state index < -0.39 is 0 Å². The number of fused-ring (bicyclic) bond motifs is 1. The summed E-state index contributed by atoms with van der Waals surface area (Å²) in [6, 6.07) is 9.84. The Kier molecular flexibility index (Phi) is 3.31. The van der Waals surface area contributed by atoms with Crippen LogP contribution in [0.1, 0.15) is 26.3 Å². The largest absolute Gasteiger partial charge is 0.323 e. The minimum atomic E-state index is -0.363. The van der Waals surface area contributed by atoms with Crippen LogP contribution in [0.3, 0.4) is 0 Å². The van der Waals surface area contributed by atoms with Crippen molar-refractivity contribution in [3.63, 3.8) is 0 Å². The normalized spacial score (nSPS) is 12.0. The maximum atomic E-state index is 12.9. The van der Waals surface area contributed by atoms with Gasteiger partial charge in [-0.15, -0.1) is 0 Å². The van der Waals surface area contributed by atoms with Gasteiger partial charge in [0.2, 0.25) is 5.78 Å². The zero-order valence-electron chi connectivity index (χ0n) is 14.3. The number of para-hydroxylation sites is 1. The van der Waals surface area contributed by atoms with Crippen molar-refractivity contribution in [1.82, 2.24) is 29.4 Å². The fourth-order valence-electron chi connectivity index (χ4n) is 2.95. The van der Waals surface area contributed by atoms with Crippen LogP contribution < -0.4 is 5.56 Å². The molecule has 1 aromatic carbocycles. The number of nitrogens with one attached hydrogen (secondary N) is 1. The summed E-state index contributed by atoms with van der Waals surface area (Å²) in [5.41, 5.74) is 2.63. The van der Waals surface area contributed by atoms with Gasteiger partial charge in [0.05, 0.1) is 17.6 Å². The molecule has 0 unspecified atom stereocenters. The number of aromatic amines is 1. The van der Waals surface area contributed by atoms with Gasteiger partial charge in [0.1, 0.15) is 6.33 Å². The molecule has 126 valence electrons. The van der Waals surface area contributed by atoms with Crippen LogP contribution in [-0.4, -0.2) is 29.4 Å². The molecular weight excluding hydrogens is 316 g/mol. The molecule has 0 bridgehead atoms. The lowest BCUT2D eigenvalue weighted by Crippen LogP contribution is -2.29. The van der Waals surface area contributed by atoms with Crippen molar-refractivity contribution in [2.24, 2.45) is 0 Å². The molecule has 0 radical (unpaired) electrons. The molecule has 0 aliphatic carbocycles. The van der Waals surface area contributed by atoms with E-state index in [1.807, 2.05) is 57.3 Å². The Hall–Kier alpha value is -3.22. The molecule has 0 aliphatic rings. The number of hydrogen-bond acceptors (Lipinski definition) is 4. The molecular formula is C18H18N6O. The van der Waals surface area contributed by atoms with Crippen molar-refractivity contribution >= 4 is 5.78 Å². The summed E-state index contributed by atoms with van der Waals surface area (Å²) in [6.45, 7) is 6.02. The van der Waals surface area contributed by atoms with Crippen molar-refractivity contribution in [1.29, 1.82) is 0 Å². The molecule has 0 aliphatic heterocycles. The minimum absolute atomic E-state index is 0.166. The number of aromatic nitrogens is 6. The molecule has 4 aromatic rings. The van der Waals surface area contributed by atoms with Gasteiger partial charge in [0.25, 0.3) is 5.56 Å². The summed E-state index contributed by atoms with van der Waals surface area (Å²) >= 11 is 0. The second-order valence-electron chi connectivity index (χ2n) is 6.93. The highest BCUT2D eigenvalue weighted by Gasteiger charge is 2.26. The van der Waals surface area contributed by atoms with Gasteiger partial charge in [-0.2, -0.15) is 19.7 Å². The van der Waals surface area contributed by atoms with Crippen LogP contribution in [-0.2, 0) is 5.41 Å². The van der Waals surface area contributed by atoms with E-state index >= 15 is 0 Å². The molecule has 7 nitrogen and oxygen atoms in total. The summed E-state index contributed by atoms with van der Waals surface area (Å²) in [6.07, 6.45) is 5.03. The van der Waals surface area contributed by atoms with Crippen molar-refractivity contribution in [2.75, 3.05) is 0 Å². The van der Waals surface area contributed by atoms with Crippen molar-refractivity contribution in [3.05, 3.63) is 65.0 Å². The Labute approximate surface area is 144 Å². The van der Waals surface area contributed by atoms with Gasteiger partial charge in [-0.05, 0) is 17.5 Å². The standard InChI is InChI=1S/C18H18N6O/c1-18(2,3)14-15(22-17-19-11-21-24(17)16(14)25)12-9-20-23(10-12)13-7-5-4-6-8-13/h4-11H,1-3H3,(H,19,21,22). The Morgan fingerprint density at radius 3 is 2.56 bits per heavy atom. The lowest BCUT2D eigenvalue weighted by Gasteiger charge is -2.21. The van der Waals surface area contributed by atoms with E-state index in [0.29, 0.717) is 11.3 Å². The van der Waals surface area contributed by atoms with Gasteiger partial charge in [-0.25, -0.2) is 4.68 Å². The molecule has 7 heteroatoms. The smallest absolute Gasteiger partial charge is 0.279 e. The first-order valence-corrected chi connectivity index (χ1v) is 8.02. The van der Waals surface area contributed by atoms with Crippen LogP contribution in [0.2, 0.25) is 0 Å². The van der Waals surface area contributed by atoms with E-state index in [1.165, 1.54) is 10.8 Å². The molecule has 3 aromatic heterocycles. The van der Waals surface area contributed by atoms with Gasteiger partial charge >= 0.3 is 0 Å². The molecule has 3 heterocycles. The van der Waals surface area contributed by atoms with E-state index in [9.17, 15) is 4.79 Å². The molecule has 0 saturated carbocycles. The van der Waals surface area contributed by atoms with Crippen molar-refractivity contribution in [3.8, 4) is 16.9 Å². The third kappa shape index (κ3) is 2.53. The average Bonchev–Trinajstić information content (AvgIpc) is 3.23. The van der Waals surface area contributed by atoms with Crippen LogP contribution in [0.15, 0.2) is 53.8 Å². The lowest BCUT2D eigenvalue weighted by molar-refractivity contribution is 0.575. The first-order chi connectivity index (χ1) is 11.9. The Morgan fingerprint density at radius 1 is 1.08 bits per heavy atom. The molecule has 0 amide bonds. The van der Waals surface area contributed by atoms with Gasteiger partial charge in [0.15, 0.2) is 0 Å². The first kappa shape index (κ1) is 15.3. The Bertz CT molecular complexity index is 1100. The summed E-state index contributed by atoms with van der Waals surface area (Å²) in [4.78, 5) is 20.3. The molecule has 0 saturated heterocycles. The van der Waals surface area contributed by atoms with E-state index in [1.54, 1.807) is 10.9 Å². The predicted octanol–water partition coefficient (Wildman–Crippen LogP) is 2.57. The molecule has 25 heavy (non-hydrogen) atoms. The predicted molar refractivity (Wildman–Crippen MR) is 94.9 cm³/mol. The van der Waals surface area contributed by atoms with Crippen molar-refractivity contribution < 1.29 is 0 Å². The fourth-order valence-corrected chi connectivity index (χ4v) is 2.95. The third-order valence-corrected chi connectivity index (χ3v) is 4.08. The zero-order valence-corrected chi connectivity index (χ0v) is 14.3. The van der Waals surface area contributed by atoms with Gasteiger partial charge in [-0.1, -0.05) is 39.0 Å². The summed E-state index contributed by atoms with van der Waals surface area (Å²) in [5.74, 6) is 0.417. The average molecular weight is 334 g/mol. The quantitative estimate of drug-likeness (QED) is 0.611. The summed E-state index contributed by atoms with van der Waals surface area (Å²) in [7, 11) is 0. The van der Waals surface area contributed by atoms with Crippen LogP contribution in [0.4, 0.5) is 0 Å². The fraction of sp³-hybridized carbons (Fsp3) is 0.222. The van der Waals surface area contributed by atoms with E-state index in [0.717, 1.165) is 16.9 Å². The third-order valence-electron chi connectivity index (χ3n) is 4.08. The molecule has 4 rings (SSSR count). The molecule has 0 spiro atoms. The van der Waals surface area contributed by atoms with Crippen LogP contribution in [0, 0.1) is 0 Å². The summed E-state index contributed by atoms with van der Waals surface area (Å²) in [5, 5.41) is 8.46. The Balaban J connectivity index is 1.95. The van der Waals surface area contributed by atoms with E-state index in [2.05, 4.69) is 20.2 Å². The number of nitrogens with zero attached hydrogens (tertiary/aromatic N) is 5. The maximum absolute atomic E-state index is 12.9. The van der Waals surface area contributed by atoms with Gasteiger partial charge in [-0.3, -0.25) is 4.79 Å². The second kappa shape index (κ2) is 5.41. The topological polar surface area (TPSA) is 80.9 Å². The highest BCUT2D eigenvalue weighted by molar-refractivity contribution is 5.65. The SMILES string of the molecule is CC(C)(C)c1c(-c2cnn(-c3ccccc3)c2)[nH]c2ncnn2c1=O. The molecule has 0 atom stereocenters. The van der Waals surface area contributed by atoms with Crippen LogP contribution >= 0.6 is 0 Å². The lowest BCUT2D eigenvalue weighted by atomic mass is 9.85. The highest BCUT2D eigenvalue weighted by atomic mass is 16.1. The number of rotatable bonds is 2. The highest BCUT2D eigenvalue weighted by Crippen LogP contribution is 2.29. The van der Waals surface area contributed by atoms with Crippen LogP contribution in [0.25, 0.3) is 22.7 Å². The van der Waals surface area contributed by atoms with E-state index in [4.69, 9.17) is 0 Å². The number of hydrogen-bond donors (Lipinski definition) is 1. The summed E-state index contributed by atoms with van der Waals surface area (Å²) < 4.78 is 3.08. The van der Waals surface area contributed by atoms with E-state index in [-0.39, 0.29) is 11.0 Å². The monoisotopic (exact) mass is 334 g/mol. The first-order valence-electron chi connectivity index (χ1n) is 8.02. The molecule has 1 N–H and O–H groups in total. The zero-order chi connectivity index (χ0) is 17.6. The minimum Gasteiger partial charge on any atom is -0.323 e. The molecule has 0 fully saturated rings. The van der Waals surface area contributed by atoms with Gasteiger partial charge < -0.3 is 4.98 Å². The Morgan fingerprint density at radius 2 is 1.84 bits per heavy atom. The number of H-pyrrole nitrogens is 1. The van der Waals surface area contributed by atoms with Crippen LogP contribution in [0.5, 0.6) is 0 Å². The number of benzene rings is 1. The second-order valence-corrected chi connectivity index (χ2v) is 6.93. The van der Waals surface area contributed by atoms with Crippen molar-refractivity contribution in [2.45, 2.75) is 26.2 Å².